The Kier molecular flexibility index (Phi) is 10.7. The van der Waals surface area contributed by atoms with Crippen LogP contribution in [0.1, 0.15) is 131 Å². The summed E-state index contributed by atoms with van der Waals surface area (Å²) in [6.45, 7) is 12.4. The van der Waals surface area contributed by atoms with E-state index in [0.29, 0.717) is 18.3 Å². The van der Waals surface area contributed by atoms with E-state index in [0.717, 1.165) is 54.8 Å². The fourth-order valence-corrected chi connectivity index (χ4v) is 9.92. The Morgan fingerprint density at radius 2 is 1.68 bits per heavy atom. The average molecular weight is 571 g/mol. The molecule has 0 heterocycles. The van der Waals surface area contributed by atoms with Crippen molar-refractivity contribution in [3.63, 3.8) is 0 Å². The third-order valence-corrected chi connectivity index (χ3v) is 12.2. The van der Waals surface area contributed by atoms with Crippen LogP contribution in [0.15, 0.2) is 11.6 Å². The van der Waals surface area contributed by atoms with Crippen molar-refractivity contribution in [3.05, 3.63) is 11.6 Å². The molecule has 6 nitrogen and oxygen atoms in total. The van der Waals surface area contributed by atoms with Crippen LogP contribution in [0.2, 0.25) is 0 Å². The van der Waals surface area contributed by atoms with E-state index < -0.39 is 5.97 Å². The number of carboxylic acid groups (broad SMARTS) is 1. The molecule has 0 aliphatic heterocycles. The molecule has 0 radical (unpaired) electrons. The number of nitrogens with one attached hydrogen (secondary N) is 2. The maximum Gasteiger partial charge on any atom is 0.303 e. The standard InChI is InChI=1S/C35H58N2O4/c1-23(2)9-8-10-24(3)28-15-16-29-27-14-13-25-21-26(17-19-34(25,4)30(27)18-20-35(28,29)5)37-32(39)22-36-31(38)11-6-7-12-33(40)41/h13,23-24,26-30H,6-12,14-22H2,1-5H3,(H,36,38)(H,37,39)(H,40,41)/t24-,26+,27+,28?,29+,30+,34+,35-/m1/s1. The summed E-state index contributed by atoms with van der Waals surface area (Å²) in [4.78, 5) is 35.3. The van der Waals surface area contributed by atoms with Crippen LogP contribution in [0, 0.1) is 46.3 Å². The molecule has 6 heteroatoms. The van der Waals surface area contributed by atoms with E-state index in [-0.39, 0.29) is 42.7 Å². The highest BCUT2D eigenvalue weighted by molar-refractivity contribution is 5.84. The van der Waals surface area contributed by atoms with E-state index in [2.05, 4.69) is 51.3 Å². The van der Waals surface area contributed by atoms with E-state index in [1.165, 1.54) is 51.4 Å². The van der Waals surface area contributed by atoms with Gasteiger partial charge >= 0.3 is 5.97 Å². The molecule has 3 N–H and O–H groups in total. The number of rotatable bonds is 13. The number of fused-ring (bicyclic) bond motifs is 5. The number of carboxylic acids is 1. The van der Waals surface area contributed by atoms with Crippen LogP contribution >= 0.6 is 0 Å². The van der Waals surface area contributed by atoms with Crippen LogP contribution < -0.4 is 10.6 Å². The second-order valence-corrected chi connectivity index (χ2v) is 15.2. The summed E-state index contributed by atoms with van der Waals surface area (Å²) in [5.74, 6) is 3.82. The highest BCUT2D eigenvalue weighted by Crippen LogP contribution is 2.67. The first-order chi connectivity index (χ1) is 19.4. The van der Waals surface area contributed by atoms with Crippen LogP contribution in [-0.4, -0.2) is 35.5 Å². The van der Waals surface area contributed by atoms with Gasteiger partial charge in [0.1, 0.15) is 0 Å². The van der Waals surface area contributed by atoms with Crippen molar-refractivity contribution in [2.24, 2.45) is 46.3 Å². The van der Waals surface area contributed by atoms with Crippen molar-refractivity contribution < 1.29 is 19.5 Å². The zero-order chi connectivity index (χ0) is 29.8. The molecule has 0 aromatic heterocycles. The molecular weight excluding hydrogens is 512 g/mol. The van der Waals surface area contributed by atoms with Gasteiger partial charge in [0, 0.05) is 18.9 Å². The lowest BCUT2D eigenvalue weighted by molar-refractivity contribution is -0.137. The lowest BCUT2D eigenvalue weighted by Gasteiger charge is -2.58. The van der Waals surface area contributed by atoms with Gasteiger partial charge in [-0.15, -0.1) is 0 Å². The van der Waals surface area contributed by atoms with Gasteiger partial charge in [-0.05, 0) is 111 Å². The van der Waals surface area contributed by atoms with Crippen LogP contribution in [0.4, 0.5) is 0 Å². The van der Waals surface area contributed by atoms with Crippen LogP contribution in [-0.2, 0) is 14.4 Å². The second kappa shape index (κ2) is 13.6. The predicted molar refractivity (Wildman–Crippen MR) is 164 cm³/mol. The van der Waals surface area contributed by atoms with Crippen molar-refractivity contribution >= 4 is 17.8 Å². The SMILES string of the molecule is CC(C)CCC[C@@H](C)C1CC[C@H]2[C@@H]3CC=C4C[C@@H](NC(=O)CNC(=O)CCCCC(=O)O)CC[C@]4(C)[C@H]3CC[C@]12C. The third kappa shape index (κ3) is 7.39. The lowest BCUT2D eigenvalue weighted by Crippen LogP contribution is -2.52. The molecule has 8 atom stereocenters. The summed E-state index contributed by atoms with van der Waals surface area (Å²) in [7, 11) is 0. The minimum atomic E-state index is -0.844. The molecular formula is C35H58N2O4. The number of unbranched alkanes of at least 4 members (excludes halogenated alkanes) is 1. The highest BCUT2D eigenvalue weighted by Gasteiger charge is 2.59. The minimum Gasteiger partial charge on any atom is -0.481 e. The molecule has 0 aromatic rings. The third-order valence-electron chi connectivity index (χ3n) is 12.2. The van der Waals surface area contributed by atoms with Gasteiger partial charge in [-0.1, -0.05) is 65.5 Å². The van der Waals surface area contributed by atoms with E-state index in [9.17, 15) is 14.4 Å². The summed E-state index contributed by atoms with van der Waals surface area (Å²) in [5, 5.41) is 14.6. The van der Waals surface area contributed by atoms with E-state index in [4.69, 9.17) is 5.11 Å². The zero-order valence-electron chi connectivity index (χ0n) is 26.6. The Labute approximate surface area is 249 Å². The van der Waals surface area contributed by atoms with Crippen molar-refractivity contribution in [1.82, 2.24) is 10.6 Å². The van der Waals surface area contributed by atoms with Gasteiger partial charge < -0.3 is 15.7 Å². The van der Waals surface area contributed by atoms with Crippen LogP contribution in [0.3, 0.4) is 0 Å². The van der Waals surface area contributed by atoms with Crippen molar-refractivity contribution in [1.29, 1.82) is 0 Å². The number of hydrogen-bond donors (Lipinski definition) is 3. The molecule has 0 bridgehead atoms. The van der Waals surface area contributed by atoms with Gasteiger partial charge in [0.2, 0.25) is 11.8 Å². The molecule has 3 saturated carbocycles. The molecule has 4 rings (SSSR count). The van der Waals surface area contributed by atoms with Crippen LogP contribution in [0.25, 0.3) is 0 Å². The summed E-state index contributed by atoms with van der Waals surface area (Å²) >= 11 is 0. The molecule has 0 aromatic carbocycles. The fraction of sp³-hybridized carbons (Fsp3) is 0.857. The maximum absolute atomic E-state index is 12.6. The van der Waals surface area contributed by atoms with E-state index in [1.54, 1.807) is 5.57 Å². The summed E-state index contributed by atoms with van der Waals surface area (Å²) < 4.78 is 0. The van der Waals surface area contributed by atoms with Gasteiger partial charge in [-0.2, -0.15) is 0 Å². The molecule has 232 valence electrons. The minimum absolute atomic E-state index is 0.00734. The van der Waals surface area contributed by atoms with Crippen molar-refractivity contribution in [3.8, 4) is 0 Å². The maximum atomic E-state index is 12.6. The topological polar surface area (TPSA) is 95.5 Å². The molecule has 1 unspecified atom stereocenters. The molecule has 0 spiro atoms. The Balaban J connectivity index is 1.28. The van der Waals surface area contributed by atoms with Crippen molar-refractivity contribution in [2.45, 2.75) is 137 Å². The fourth-order valence-electron chi connectivity index (χ4n) is 9.92. The number of hydrogen-bond acceptors (Lipinski definition) is 3. The Bertz CT molecular complexity index is 975. The Morgan fingerprint density at radius 1 is 0.927 bits per heavy atom. The smallest absolute Gasteiger partial charge is 0.303 e. The molecule has 0 saturated heterocycles. The molecule has 41 heavy (non-hydrogen) atoms. The van der Waals surface area contributed by atoms with E-state index in [1.807, 2.05) is 0 Å². The van der Waals surface area contributed by atoms with Gasteiger partial charge in [0.15, 0.2) is 0 Å². The largest absolute Gasteiger partial charge is 0.481 e. The zero-order valence-corrected chi connectivity index (χ0v) is 26.6. The van der Waals surface area contributed by atoms with Gasteiger partial charge in [-0.3, -0.25) is 14.4 Å². The number of aliphatic carboxylic acids is 1. The number of allylic oxidation sites excluding steroid dienone is 1. The average Bonchev–Trinajstić information content (AvgIpc) is 3.27. The second-order valence-electron chi connectivity index (χ2n) is 15.2. The molecule has 2 amide bonds. The molecule has 4 aliphatic rings. The number of carbonyl (C=O) groups excluding carboxylic acids is 2. The monoisotopic (exact) mass is 570 g/mol. The van der Waals surface area contributed by atoms with Crippen LogP contribution in [0.5, 0.6) is 0 Å². The van der Waals surface area contributed by atoms with Gasteiger partial charge in [0.05, 0.1) is 6.54 Å². The van der Waals surface area contributed by atoms with Gasteiger partial charge in [-0.25, -0.2) is 0 Å². The number of carbonyl (C=O) groups is 3. The van der Waals surface area contributed by atoms with Gasteiger partial charge in [0.25, 0.3) is 0 Å². The number of amides is 2. The molecule has 3 fully saturated rings. The first-order valence-corrected chi connectivity index (χ1v) is 16.9. The summed E-state index contributed by atoms with van der Waals surface area (Å²) in [6, 6.07) is 0.141. The molecule has 4 aliphatic carbocycles. The van der Waals surface area contributed by atoms with Crippen molar-refractivity contribution in [2.75, 3.05) is 6.54 Å². The Morgan fingerprint density at radius 3 is 2.41 bits per heavy atom. The summed E-state index contributed by atoms with van der Waals surface area (Å²) in [6.07, 6.45) is 17.9. The normalized spacial score (nSPS) is 35.1. The first kappa shape index (κ1) is 32.1. The van der Waals surface area contributed by atoms with E-state index >= 15 is 0 Å². The quantitative estimate of drug-likeness (QED) is 0.160. The highest BCUT2D eigenvalue weighted by atomic mass is 16.4. The first-order valence-electron chi connectivity index (χ1n) is 16.9. The summed E-state index contributed by atoms with van der Waals surface area (Å²) in [5.41, 5.74) is 2.33. The Hall–Kier alpha value is -1.85. The lowest BCUT2D eigenvalue weighted by atomic mass is 9.47. The predicted octanol–water partition coefficient (Wildman–Crippen LogP) is 7.27.